The van der Waals surface area contributed by atoms with Crippen molar-refractivity contribution in [3.63, 3.8) is 0 Å². The van der Waals surface area contributed by atoms with E-state index < -0.39 is 22.5 Å². The van der Waals surface area contributed by atoms with Gasteiger partial charge in [0.05, 0.1) is 17.7 Å². The van der Waals surface area contributed by atoms with Crippen molar-refractivity contribution in [3.8, 4) is 11.5 Å². The third-order valence-corrected chi connectivity index (χ3v) is 7.28. The van der Waals surface area contributed by atoms with Crippen molar-refractivity contribution in [2.45, 2.75) is 11.4 Å². The van der Waals surface area contributed by atoms with Gasteiger partial charge in [-0.25, -0.2) is 13.8 Å². The molecular formula is C23H20BrN3O5S. The lowest BCUT2D eigenvalue weighted by atomic mass is 10.2. The molecule has 0 spiro atoms. The molecule has 1 aliphatic rings. The molecule has 1 amide bonds. The summed E-state index contributed by atoms with van der Waals surface area (Å²) in [7, 11) is -3.90. The molecule has 0 aliphatic carbocycles. The molecule has 1 N–H and O–H groups in total. The van der Waals surface area contributed by atoms with Crippen molar-refractivity contribution in [1.29, 1.82) is 0 Å². The van der Waals surface area contributed by atoms with Gasteiger partial charge in [-0.3, -0.25) is 4.79 Å². The van der Waals surface area contributed by atoms with E-state index in [1.807, 2.05) is 18.2 Å². The fraction of sp³-hybridized carbons (Fsp3) is 0.130. The number of fused-ring (bicyclic) bond motifs is 1. The van der Waals surface area contributed by atoms with Gasteiger partial charge in [0, 0.05) is 16.6 Å². The number of hydrogen-bond acceptors (Lipinski definition) is 6. The molecule has 3 aromatic carbocycles. The molecule has 0 saturated carbocycles. The molecule has 1 aliphatic heterocycles. The normalized spacial score (nSPS) is 12.9. The van der Waals surface area contributed by atoms with Crippen LogP contribution in [0.2, 0.25) is 0 Å². The van der Waals surface area contributed by atoms with Gasteiger partial charge in [0.15, 0.2) is 11.5 Å². The van der Waals surface area contributed by atoms with Crippen LogP contribution in [0.3, 0.4) is 0 Å². The van der Waals surface area contributed by atoms with E-state index in [2.05, 4.69) is 26.5 Å². The largest absolute Gasteiger partial charge is 0.454 e. The van der Waals surface area contributed by atoms with Crippen LogP contribution in [0.25, 0.3) is 0 Å². The first kappa shape index (κ1) is 23.0. The highest BCUT2D eigenvalue weighted by molar-refractivity contribution is 9.10. The van der Waals surface area contributed by atoms with Crippen LogP contribution in [-0.2, 0) is 21.4 Å². The number of halogens is 1. The van der Waals surface area contributed by atoms with Crippen LogP contribution in [0.4, 0.5) is 0 Å². The van der Waals surface area contributed by atoms with E-state index in [1.165, 1.54) is 18.3 Å². The number of hydrazone groups is 1. The Morgan fingerprint density at radius 1 is 1.03 bits per heavy atom. The van der Waals surface area contributed by atoms with Gasteiger partial charge in [-0.15, -0.1) is 0 Å². The number of ether oxygens (including phenoxy) is 2. The highest BCUT2D eigenvalue weighted by atomic mass is 79.9. The molecule has 0 fully saturated rings. The molecular weight excluding hydrogens is 510 g/mol. The standard InChI is InChI=1S/C23H20BrN3O5S/c24-20-12-22-21(31-16-32-22)11-18(20)13-25-26-23(28)15-27(14-17-7-3-1-4-8-17)33(29,30)19-9-5-2-6-10-19/h1-13H,14-16H2,(H,26,28)/b25-13+. The Labute approximate surface area is 200 Å². The number of benzene rings is 3. The second-order valence-electron chi connectivity index (χ2n) is 7.09. The van der Waals surface area contributed by atoms with E-state index in [0.717, 1.165) is 9.87 Å². The zero-order valence-electron chi connectivity index (χ0n) is 17.3. The van der Waals surface area contributed by atoms with E-state index in [4.69, 9.17) is 9.47 Å². The molecule has 3 aromatic rings. The van der Waals surface area contributed by atoms with E-state index in [0.29, 0.717) is 21.5 Å². The van der Waals surface area contributed by atoms with Crippen molar-refractivity contribution in [1.82, 2.24) is 9.73 Å². The van der Waals surface area contributed by atoms with Crippen LogP contribution in [-0.4, -0.2) is 38.2 Å². The first-order valence-electron chi connectivity index (χ1n) is 9.93. The molecule has 0 saturated heterocycles. The predicted molar refractivity (Wildman–Crippen MR) is 126 cm³/mol. The van der Waals surface area contributed by atoms with E-state index in [1.54, 1.807) is 42.5 Å². The Hall–Kier alpha value is -3.21. The highest BCUT2D eigenvalue weighted by Crippen LogP contribution is 2.36. The van der Waals surface area contributed by atoms with Crippen LogP contribution in [0, 0.1) is 0 Å². The Kier molecular flexibility index (Phi) is 7.07. The highest BCUT2D eigenvalue weighted by Gasteiger charge is 2.26. The van der Waals surface area contributed by atoms with E-state index >= 15 is 0 Å². The maximum atomic E-state index is 13.2. The minimum Gasteiger partial charge on any atom is -0.454 e. The molecule has 0 radical (unpaired) electrons. The monoisotopic (exact) mass is 529 g/mol. The van der Waals surface area contributed by atoms with Crippen LogP contribution < -0.4 is 14.9 Å². The number of amides is 1. The third-order valence-electron chi connectivity index (χ3n) is 4.79. The van der Waals surface area contributed by atoms with Gasteiger partial charge in [0.25, 0.3) is 5.91 Å². The molecule has 0 unspecified atom stereocenters. The van der Waals surface area contributed by atoms with Crippen LogP contribution >= 0.6 is 15.9 Å². The SMILES string of the molecule is O=C(CN(Cc1ccccc1)S(=O)(=O)c1ccccc1)N/N=C/c1cc2c(cc1Br)OCO2. The predicted octanol–water partition coefficient (Wildman–Crippen LogP) is 3.52. The Bertz CT molecular complexity index is 1270. The molecule has 10 heteroatoms. The van der Waals surface area contributed by atoms with Gasteiger partial charge < -0.3 is 9.47 Å². The molecule has 0 atom stereocenters. The third kappa shape index (κ3) is 5.59. The second kappa shape index (κ2) is 10.2. The van der Waals surface area contributed by atoms with Gasteiger partial charge in [-0.05, 0) is 45.8 Å². The minimum atomic E-state index is -3.90. The van der Waals surface area contributed by atoms with Gasteiger partial charge in [0.1, 0.15) is 0 Å². The molecule has 4 rings (SSSR count). The molecule has 33 heavy (non-hydrogen) atoms. The summed E-state index contributed by atoms with van der Waals surface area (Å²) in [5, 5.41) is 3.97. The lowest BCUT2D eigenvalue weighted by Crippen LogP contribution is -2.39. The van der Waals surface area contributed by atoms with E-state index in [9.17, 15) is 13.2 Å². The molecule has 170 valence electrons. The summed E-state index contributed by atoms with van der Waals surface area (Å²) in [6, 6.07) is 20.6. The van der Waals surface area contributed by atoms with E-state index in [-0.39, 0.29) is 18.2 Å². The lowest BCUT2D eigenvalue weighted by molar-refractivity contribution is -0.121. The van der Waals surface area contributed by atoms with Gasteiger partial charge in [-0.2, -0.15) is 9.41 Å². The van der Waals surface area contributed by atoms with Crippen LogP contribution in [0.5, 0.6) is 11.5 Å². The fourth-order valence-corrected chi connectivity index (χ4v) is 4.99. The number of carbonyl (C=O) groups is 1. The molecule has 8 nitrogen and oxygen atoms in total. The average Bonchev–Trinajstić information content (AvgIpc) is 3.27. The summed E-state index contributed by atoms with van der Waals surface area (Å²) in [6.07, 6.45) is 1.44. The van der Waals surface area contributed by atoms with Gasteiger partial charge in [0.2, 0.25) is 16.8 Å². The van der Waals surface area contributed by atoms with Crippen molar-refractivity contribution in [2.24, 2.45) is 5.10 Å². The van der Waals surface area contributed by atoms with Crippen LogP contribution in [0.15, 0.2) is 87.3 Å². The quantitative estimate of drug-likeness (QED) is 0.355. The smallest absolute Gasteiger partial charge is 0.255 e. The number of hydrogen-bond donors (Lipinski definition) is 1. The molecule has 1 heterocycles. The lowest BCUT2D eigenvalue weighted by Gasteiger charge is -2.21. The summed E-state index contributed by atoms with van der Waals surface area (Å²) in [5.41, 5.74) is 3.82. The minimum absolute atomic E-state index is 0.0446. The number of sulfonamides is 1. The molecule has 0 bridgehead atoms. The summed E-state index contributed by atoms with van der Waals surface area (Å²) in [6.45, 7) is -0.207. The Balaban J connectivity index is 1.49. The van der Waals surface area contributed by atoms with Crippen molar-refractivity contribution >= 4 is 38.1 Å². The van der Waals surface area contributed by atoms with Gasteiger partial charge in [-0.1, -0.05) is 48.5 Å². The molecule has 0 aromatic heterocycles. The zero-order valence-corrected chi connectivity index (χ0v) is 19.8. The summed E-state index contributed by atoms with van der Waals surface area (Å²) in [4.78, 5) is 12.7. The van der Waals surface area contributed by atoms with Crippen molar-refractivity contribution < 1.29 is 22.7 Å². The Morgan fingerprint density at radius 3 is 2.36 bits per heavy atom. The number of nitrogens with one attached hydrogen (secondary N) is 1. The fourth-order valence-electron chi connectivity index (χ4n) is 3.16. The first-order chi connectivity index (χ1) is 15.9. The second-order valence-corrected chi connectivity index (χ2v) is 9.88. The van der Waals surface area contributed by atoms with Crippen molar-refractivity contribution in [3.05, 3.63) is 88.4 Å². The average molecular weight is 530 g/mol. The summed E-state index contributed by atoms with van der Waals surface area (Å²) in [5.74, 6) is 0.623. The maximum Gasteiger partial charge on any atom is 0.255 e. The summed E-state index contributed by atoms with van der Waals surface area (Å²) >= 11 is 3.42. The number of nitrogens with zero attached hydrogens (tertiary/aromatic N) is 2. The first-order valence-corrected chi connectivity index (χ1v) is 12.2. The van der Waals surface area contributed by atoms with Crippen LogP contribution in [0.1, 0.15) is 11.1 Å². The topological polar surface area (TPSA) is 97.3 Å². The van der Waals surface area contributed by atoms with Crippen molar-refractivity contribution in [2.75, 3.05) is 13.3 Å². The summed E-state index contributed by atoms with van der Waals surface area (Å²) < 4.78 is 38.9. The Morgan fingerprint density at radius 2 is 1.67 bits per heavy atom. The number of carbonyl (C=O) groups excluding carboxylic acids is 1. The zero-order chi connectivity index (χ0) is 23.3. The number of rotatable bonds is 8. The maximum absolute atomic E-state index is 13.2. The van der Waals surface area contributed by atoms with Gasteiger partial charge >= 0.3 is 0 Å².